The van der Waals surface area contributed by atoms with Crippen molar-refractivity contribution in [2.24, 2.45) is 0 Å². The van der Waals surface area contributed by atoms with Crippen molar-refractivity contribution >= 4 is 23.5 Å². The van der Waals surface area contributed by atoms with E-state index < -0.39 is 0 Å². The highest BCUT2D eigenvalue weighted by atomic mass is 32.2. The number of hydrogen-bond acceptors (Lipinski definition) is 3. The molecule has 20 heavy (non-hydrogen) atoms. The van der Waals surface area contributed by atoms with Crippen LogP contribution < -0.4 is 0 Å². The SMILES string of the molecule is C=CCSCc1ccc(O)c(CC=C)c1CSCC=C. The minimum absolute atomic E-state index is 0.372. The van der Waals surface area contributed by atoms with E-state index in [-0.39, 0.29) is 0 Å². The first-order chi connectivity index (χ1) is 9.74. The molecule has 0 heterocycles. The summed E-state index contributed by atoms with van der Waals surface area (Å²) in [6, 6.07) is 3.83. The summed E-state index contributed by atoms with van der Waals surface area (Å²) >= 11 is 3.65. The van der Waals surface area contributed by atoms with Gasteiger partial charge in [0.1, 0.15) is 5.75 Å². The molecule has 0 aliphatic carbocycles. The normalized spacial score (nSPS) is 10.2. The van der Waals surface area contributed by atoms with Crippen molar-refractivity contribution in [1.29, 1.82) is 0 Å². The Balaban J connectivity index is 2.99. The van der Waals surface area contributed by atoms with Crippen LogP contribution in [0.2, 0.25) is 0 Å². The van der Waals surface area contributed by atoms with Crippen molar-refractivity contribution in [3.05, 3.63) is 66.8 Å². The summed E-state index contributed by atoms with van der Waals surface area (Å²) in [5, 5.41) is 10.1. The molecule has 0 amide bonds. The zero-order valence-corrected chi connectivity index (χ0v) is 13.4. The molecule has 0 fully saturated rings. The molecule has 0 atom stereocenters. The van der Waals surface area contributed by atoms with E-state index in [1.807, 2.05) is 47.8 Å². The lowest BCUT2D eigenvalue weighted by Gasteiger charge is -2.15. The van der Waals surface area contributed by atoms with E-state index in [1.165, 1.54) is 11.1 Å². The van der Waals surface area contributed by atoms with Gasteiger partial charge in [-0.15, -0.1) is 19.7 Å². The molecule has 0 aromatic heterocycles. The fourth-order valence-electron chi connectivity index (χ4n) is 1.91. The zero-order valence-electron chi connectivity index (χ0n) is 11.8. The van der Waals surface area contributed by atoms with Crippen LogP contribution in [-0.4, -0.2) is 16.6 Å². The smallest absolute Gasteiger partial charge is 0.119 e. The molecule has 0 bridgehead atoms. The topological polar surface area (TPSA) is 20.2 Å². The van der Waals surface area contributed by atoms with Gasteiger partial charge in [-0.05, 0) is 23.6 Å². The fraction of sp³-hybridized carbons (Fsp3) is 0.294. The first kappa shape index (κ1) is 17.0. The molecule has 108 valence electrons. The summed E-state index contributed by atoms with van der Waals surface area (Å²) < 4.78 is 0. The summed E-state index contributed by atoms with van der Waals surface area (Å²) in [5.74, 6) is 4.07. The van der Waals surface area contributed by atoms with Crippen molar-refractivity contribution in [3.63, 3.8) is 0 Å². The number of benzene rings is 1. The summed E-state index contributed by atoms with van der Waals surface area (Å²) in [4.78, 5) is 0. The predicted molar refractivity (Wildman–Crippen MR) is 94.7 cm³/mol. The van der Waals surface area contributed by atoms with Crippen LogP contribution >= 0.6 is 23.5 Å². The van der Waals surface area contributed by atoms with E-state index >= 15 is 0 Å². The van der Waals surface area contributed by atoms with E-state index in [1.54, 1.807) is 6.07 Å². The van der Waals surface area contributed by atoms with Crippen molar-refractivity contribution in [3.8, 4) is 5.75 Å². The van der Waals surface area contributed by atoms with E-state index in [4.69, 9.17) is 0 Å². The largest absolute Gasteiger partial charge is 0.508 e. The average Bonchev–Trinajstić information content (AvgIpc) is 2.45. The molecule has 0 saturated carbocycles. The maximum atomic E-state index is 10.1. The summed E-state index contributed by atoms with van der Waals surface area (Å²) in [7, 11) is 0. The van der Waals surface area contributed by atoms with Gasteiger partial charge in [-0.3, -0.25) is 0 Å². The number of rotatable bonds is 10. The van der Waals surface area contributed by atoms with Gasteiger partial charge < -0.3 is 5.11 Å². The van der Waals surface area contributed by atoms with Crippen LogP contribution in [-0.2, 0) is 17.9 Å². The van der Waals surface area contributed by atoms with Crippen LogP contribution in [0.3, 0.4) is 0 Å². The lowest BCUT2D eigenvalue weighted by Crippen LogP contribution is -1.99. The van der Waals surface area contributed by atoms with E-state index in [2.05, 4.69) is 19.7 Å². The van der Waals surface area contributed by atoms with Crippen LogP contribution in [0.25, 0.3) is 0 Å². The molecular formula is C17H22OS2. The third-order valence-electron chi connectivity index (χ3n) is 2.83. The molecule has 0 aliphatic rings. The quantitative estimate of drug-likeness (QED) is 0.487. The fourth-order valence-corrected chi connectivity index (χ4v) is 3.54. The zero-order chi connectivity index (χ0) is 14.8. The number of aromatic hydroxyl groups is 1. The Bertz CT molecular complexity index is 466. The lowest BCUT2D eigenvalue weighted by atomic mass is 9.99. The van der Waals surface area contributed by atoms with Gasteiger partial charge in [0.05, 0.1) is 0 Å². The van der Waals surface area contributed by atoms with Crippen molar-refractivity contribution in [2.45, 2.75) is 17.9 Å². The summed E-state index contributed by atoms with van der Waals surface area (Å²) in [6.45, 7) is 11.3. The van der Waals surface area contributed by atoms with Crippen LogP contribution in [0, 0.1) is 0 Å². The Morgan fingerprint density at radius 3 is 2.15 bits per heavy atom. The molecule has 1 N–H and O–H groups in total. The van der Waals surface area contributed by atoms with Crippen LogP contribution in [0.1, 0.15) is 16.7 Å². The number of allylic oxidation sites excluding steroid dienone is 1. The second kappa shape index (κ2) is 9.78. The minimum Gasteiger partial charge on any atom is -0.508 e. The number of hydrogen-bond donors (Lipinski definition) is 1. The van der Waals surface area contributed by atoms with E-state index in [0.717, 1.165) is 28.6 Å². The Morgan fingerprint density at radius 2 is 1.55 bits per heavy atom. The number of phenols is 1. The van der Waals surface area contributed by atoms with Crippen LogP contribution in [0.15, 0.2) is 50.1 Å². The van der Waals surface area contributed by atoms with Crippen LogP contribution in [0.5, 0.6) is 5.75 Å². The van der Waals surface area contributed by atoms with Gasteiger partial charge in [-0.25, -0.2) is 0 Å². The molecule has 1 nitrogen and oxygen atoms in total. The van der Waals surface area contributed by atoms with Gasteiger partial charge in [0, 0.05) is 28.6 Å². The monoisotopic (exact) mass is 306 g/mol. The second-order valence-corrected chi connectivity index (χ2v) is 6.36. The van der Waals surface area contributed by atoms with Gasteiger partial charge in [-0.2, -0.15) is 23.5 Å². The van der Waals surface area contributed by atoms with Crippen molar-refractivity contribution in [1.82, 2.24) is 0 Å². The number of phenolic OH excluding ortho intramolecular Hbond substituents is 1. The summed E-state index contributed by atoms with van der Waals surface area (Å²) in [5.41, 5.74) is 3.55. The van der Waals surface area contributed by atoms with Gasteiger partial charge in [0.15, 0.2) is 0 Å². The van der Waals surface area contributed by atoms with Crippen LogP contribution in [0.4, 0.5) is 0 Å². The molecule has 0 radical (unpaired) electrons. The Morgan fingerprint density at radius 1 is 0.900 bits per heavy atom. The number of thioether (sulfide) groups is 2. The van der Waals surface area contributed by atoms with E-state index in [0.29, 0.717) is 12.2 Å². The van der Waals surface area contributed by atoms with E-state index in [9.17, 15) is 5.11 Å². The third-order valence-corrected chi connectivity index (χ3v) is 4.78. The highest BCUT2D eigenvalue weighted by Crippen LogP contribution is 2.31. The van der Waals surface area contributed by atoms with Crippen molar-refractivity contribution in [2.75, 3.05) is 11.5 Å². The van der Waals surface area contributed by atoms with Gasteiger partial charge in [0.25, 0.3) is 0 Å². The molecule has 0 saturated heterocycles. The Labute approximate surface area is 130 Å². The Hall–Kier alpha value is -1.06. The molecule has 3 heteroatoms. The molecule has 1 aromatic rings. The van der Waals surface area contributed by atoms with Gasteiger partial charge >= 0.3 is 0 Å². The maximum absolute atomic E-state index is 10.1. The molecule has 0 aliphatic heterocycles. The Kier molecular flexibility index (Phi) is 8.31. The maximum Gasteiger partial charge on any atom is 0.119 e. The molecule has 0 unspecified atom stereocenters. The standard InChI is InChI=1S/C17H22OS2/c1-4-7-15-16(13-20-11-6-3)14(8-9-17(15)18)12-19-10-5-2/h4-6,8-9,18H,1-3,7,10-13H2. The highest BCUT2D eigenvalue weighted by Gasteiger charge is 2.12. The predicted octanol–water partition coefficient (Wildman–Crippen LogP) is 4.96. The average molecular weight is 306 g/mol. The van der Waals surface area contributed by atoms with Gasteiger partial charge in [0.2, 0.25) is 0 Å². The third kappa shape index (κ3) is 5.14. The first-order valence-corrected chi connectivity index (χ1v) is 8.86. The lowest BCUT2D eigenvalue weighted by molar-refractivity contribution is 0.469. The minimum atomic E-state index is 0.372. The molecule has 0 spiro atoms. The van der Waals surface area contributed by atoms with Crippen molar-refractivity contribution < 1.29 is 5.11 Å². The molecule has 1 rings (SSSR count). The first-order valence-electron chi connectivity index (χ1n) is 6.55. The molecule has 1 aromatic carbocycles. The van der Waals surface area contributed by atoms with Gasteiger partial charge in [-0.1, -0.05) is 24.3 Å². The second-order valence-electron chi connectivity index (χ2n) is 4.30. The molecular weight excluding hydrogens is 284 g/mol. The summed E-state index contributed by atoms with van der Waals surface area (Å²) in [6.07, 6.45) is 6.38. The highest BCUT2D eigenvalue weighted by molar-refractivity contribution is 7.99.